The molecule has 0 saturated heterocycles. The van der Waals surface area contributed by atoms with Crippen LogP contribution in [0.4, 0.5) is 10.1 Å². The maximum Gasteiger partial charge on any atom is 0.276 e. The van der Waals surface area contributed by atoms with E-state index in [1.54, 1.807) is 13.1 Å². The van der Waals surface area contributed by atoms with Crippen molar-refractivity contribution in [1.29, 1.82) is 0 Å². The van der Waals surface area contributed by atoms with Crippen LogP contribution < -0.4 is 16.2 Å². The molecule has 3 aromatic heterocycles. The molecular weight excluding hydrogens is 485 g/mol. The average Bonchev–Trinajstić information content (AvgIpc) is 3.80. The Hall–Kier alpha value is -3.87. The normalized spacial score (nSPS) is 17.0. The fourth-order valence-corrected chi connectivity index (χ4v) is 4.86. The summed E-state index contributed by atoms with van der Waals surface area (Å²) < 4.78 is 25.1. The summed E-state index contributed by atoms with van der Waals surface area (Å²) in [7, 11) is 1.46. The Morgan fingerprint density at radius 1 is 1.27 bits per heavy atom. The number of hydrogen-bond acceptors (Lipinski definition) is 8. The van der Waals surface area contributed by atoms with E-state index < -0.39 is 29.4 Å². The zero-order chi connectivity index (χ0) is 26.1. The third-order valence-electron chi connectivity index (χ3n) is 6.92. The summed E-state index contributed by atoms with van der Waals surface area (Å²) in [5, 5.41) is 17.3. The van der Waals surface area contributed by atoms with Gasteiger partial charge in [-0.15, -0.1) is 0 Å². The highest BCUT2D eigenvalue weighted by atomic mass is 19.1. The van der Waals surface area contributed by atoms with Gasteiger partial charge in [0.15, 0.2) is 5.69 Å². The van der Waals surface area contributed by atoms with Crippen LogP contribution in [0.3, 0.4) is 0 Å². The molecular formula is C24H28FN7O5. The Morgan fingerprint density at radius 2 is 2.00 bits per heavy atom. The van der Waals surface area contributed by atoms with E-state index >= 15 is 0 Å². The van der Waals surface area contributed by atoms with Crippen molar-refractivity contribution in [1.82, 2.24) is 30.4 Å². The molecule has 0 spiro atoms. The van der Waals surface area contributed by atoms with Gasteiger partial charge in [0.25, 0.3) is 11.5 Å². The number of rotatable bonds is 11. The van der Waals surface area contributed by atoms with Gasteiger partial charge in [-0.25, -0.2) is 9.02 Å². The summed E-state index contributed by atoms with van der Waals surface area (Å²) in [4.78, 5) is 41.1. The number of H-pyrrole nitrogens is 1. The molecule has 37 heavy (non-hydrogen) atoms. The number of aromatic amines is 1. The van der Waals surface area contributed by atoms with Gasteiger partial charge >= 0.3 is 0 Å². The molecule has 0 radical (unpaired) electrons. The molecule has 12 nitrogen and oxygen atoms in total. The highest BCUT2D eigenvalue weighted by Crippen LogP contribution is 2.50. The first-order valence-electron chi connectivity index (χ1n) is 12.2. The Bertz CT molecular complexity index is 1330. The van der Waals surface area contributed by atoms with E-state index in [0.717, 1.165) is 37.9 Å². The van der Waals surface area contributed by atoms with Gasteiger partial charge in [0.1, 0.15) is 23.6 Å². The van der Waals surface area contributed by atoms with Crippen molar-refractivity contribution in [3.05, 3.63) is 57.8 Å². The lowest BCUT2D eigenvalue weighted by Crippen LogP contribution is -2.50. The second kappa shape index (κ2) is 10.2. The Kier molecular flexibility index (Phi) is 6.87. The molecule has 3 N–H and O–H groups in total. The van der Waals surface area contributed by atoms with Crippen molar-refractivity contribution in [2.45, 2.75) is 44.7 Å². The fourth-order valence-electron chi connectivity index (χ4n) is 4.86. The molecule has 2 saturated carbocycles. The Morgan fingerprint density at radius 3 is 2.62 bits per heavy atom. The average molecular weight is 514 g/mol. The number of amides is 2. The van der Waals surface area contributed by atoms with E-state index in [-0.39, 0.29) is 29.7 Å². The summed E-state index contributed by atoms with van der Waals surface area (Å²) in [5.41, 5.74) is 0.402. The lowest BCUT2D eigenvalue weighted by molar-refractivity contribution is -0.119. The first-order chi connectivity index (χ1) is 17.9. The van der Waals surface area contributed by atoms with Crippen LogP contribution in [0.25, 0.3) is 0 Å². The van der Waals surface area contributed by atoms with Crippen LogP contribution in [0.15, 0.2) is 34.1 Å². The van der Waals surface area contributed by atoms with Gasteiger partial charge < -0.3 is 20.4 Å². The smallest absolute Gasteiger partial charge is 0.276 e. The minimum atomic E-state index is -0.784. The number of nitrogens with one attached hydrogen (secondary N) is 3. The minimum Gasteiger partial charge on any atom is -0.382 e. The predicted molar refractivity (Wildman–Crippen MR) is 127 cm³/mol. The highest BCUT2D eigenvalue weighted by Gasteiger charge is 2.48. The van der Waals surface area contributed by atoms with Crippen molar-refractivity contribution in [2.75, 3.05) is 19.0 Å². The predicted octanol–water partition coefficient (Wildman–Crippen LogP) is 1.81. The summed E-state index contributed by atoms with van der Waals surface area (Å²) in [6, 6.07) is -0.378. The number of carbonyl (C=O) groups is 2. The molecule has 2 aliphatic carbocycles. The maximum atomic E-state index is 13.8. The fraction of sp³-hybridized carbons (Fsp3) is 0.500. The van der Waals surface area contributed by atoms with Gasteiger partial charge in [0.05, 0.1) is 18.5 Å². The van der Waals surface area contributed by atoms with Gasteiger partial charge in [-0.05, 0) is 61.6 Å². The monoisotopic (exact) mass is 513 g/mol. The molecule has 2 aliphatic rings. The van der Waals surface area contributed by atoms with Crippen LogP contribution in [-0.4, -0.2) is 56.7 Å². The number of halogens is 1. The number of methoxy groups -OCH3 is 1. The van der Waals surface area contributed by atoms with Gasteiger partial charge in [0, 0.05) is 25.1 Å². The maximum absolute atomic E-state index is 13.8. The van der Waals surface area contributed by atoms with Crippen LogP contribution in [0.2, 0.25) is 0 Å². The van der Waals surface area contributed by atoms with Crippen molar-refractivity contribution < 1.29 is 23.3 Å². The lowest BCUT2D eigenvalue weighted by Gasteiger charge is -2.27. The molecule has 13 heteroatoms. The van der Waals surface area contributed by atoms with Gasteiger partial charge in [-0.2, -0.15) is 5.10 Å². The molecule has 196 valence electrons. The zero-order valence-electron chi connectivity index (χ0n) is 20.4. The zero-order valence-corrected chi connectivity index (χ0v) is 20.4. The van der Waals surface area contributed by atoms with Crippen LogP contribution in [0.1, 0.15) is 53.5 Å². The number of anilines is 1. The first kappa shape index (κ1) is 24.8. The van der Waals surface area contributed by atoms with Crippen molar-refractivity contribution >= 4 is 17.5 Å². The topological polar surface area (TPSA) is 157 Å². The molecule has 2 atom stereocenters. The molecule has 0 aliphatic heterocycles. The summed E-state index contributed by atoms with van der Waals surface area (Å²) in [6.45, 7) is 1.66. The van der Waals surface area contributed by atoms with E-state index in [1.807, 2.05) is 0 Å². The van der Waals surface area contributed by atoms with Crippen LogP contribution in [0, 0.1) is 30.5 Å². The lowest BCUT2D eigenvalue weighted by atomic mass is 9.88. The van der Waals surface area contributed by atoms with Crippen molar-refractivity contribution in [3.63, 3.8) is 0 Å². The number of nitrogens with zero attached hydrogens (tertiary/aromatic N) is 4. The van der Waals surface area contributed by atoms with Crippen LogP contribution in [-0.2, 0) is 9.53 Å². The highest BCUT2D eigenvalue weighted by molar-refractivity contribution is 6.00. The minimum absolute atomic E-state index is 0.00579. The second-order valence-electron chi connectivity index (χ2n) is 9.67. The molecule has 5 rings (SSSR count). The van der Waals surface area contributed by atoms with Gasteiger partial charge in [-0.1, -0.05) is 5.16 Å². The summed E-state index contributed by atoms with van der Waals surface area (Å²) in [6.07, 6.45) is 8.02. The van der Waals surface area contributed by atoms with Crippen molar-refractivity contribution in [2.24, 2.45) is 17.8 Å². The number of carbonyl (C=O) groups excluding carboxylic acids is 2. The Balaban J connectivity index is 1.37. The SMILES string of the molecule is COCC(c1cc(F)c[nH]c1=O)n1cc(NC(=O)[C@@H](NC(=O)c2nonc2C)C(C2CC2)C2CC2)cn1. The Labute approximate surface area is 210 Å². The first-order valence-corrected chi connectivity index (χ1v) is 12.2. The third-order valence-corrected chi connectivity index (χ3v) is 6.92. The molecule has 3 aromatic rings. The largest absolute Gasteiger partial charge is 0.382 e. The number of hydrogen-bond donors (Lipinski definition) is 3. The van der Waals surface area contributed by atoms with Gasteiger partial charge in [-0.3, -0.25) is 19.1 Å². The summed E-state index contributed by atoms with van der Waals surface area (Å²) >= 11 is 0. The standard InChI is InChI=1S/C24H28FN7O5/c1-12-20(31-37-30-12)23(34)29-21(19(13-3-4-13)14-5-6-14)24(35)28-16-9-27-32(10-16)18(11-36-2)17-7-15(25)8-26-22(17)33/h7-10,13-14,18-19,21H,3-6,11H2,1-2H3,(H,26,33)(H,28,35)(H,29,34)/t18?,21-/m0/s1. The molecule has 0 bridgehead atoms. The molecule has 2 fully saturated rings. The van der Waals surface area contributed by atoms with Crippen LogP contribution >= 0.6 is 0 Å². The number of aromatic nitrogens is 5. The molecule has 1 unspecified atom stereocenters. The number of pyridine rings is 1. The van der Waals surface area contributed by atoms with Crippen LogP contribution in [0.5, 0.6) is 0 Å². The molecule has 3 heterocycles. The van der Waals surface area contributed by atoms with E-state index in [4.69, 9.17) is 4.74 Å². The number of ether oxygens (including phenoxy) is 1. The van der Waals surface area contributed by atoms with E-state index in [1.165, 1.54) is 18.0 Å². The molecule has 2 amide bonds. The van der Waals surface area contributed by atoms with E-state index in [0.29, 0.717) is 23.2 Å². The van der Waals surface area contributed by atoms with E-state index in [9.17, 15) is 18.8 Å². The van der Waals surface area contributed by atoms with Gasteiger partial charge in [0.2, 0.25) is 5.91 Å². The third kappa shape index (κ3) is 5.45. The quantitative estimate of drug-likeness (QED) is 0.350. The number of aryl methyl sites for hydroxylation is 1. The second-order valence-corrected chi connectivity index (χ2v) is 9.67. The summed E-state index contributed by atoms with van der Waals surface area (Å²) in [5.74, 6) is -0.753. The van der Waals surface area contributed by atoms with Crippen molar-refractivity contribution in [3.8, 4) is 0 Å². The molecule has 0 aromatic carbocycles. The van der Waals surface area contributed by atoms with E-state index in [2.05, 4.69) is 35.7 Å².